The Morgan fingerprint density at radius 2 is 2.27 bits per heavy atom. The molecule has 4 heteroatoms. The maximum atomic E-state index is 11.1. The summed E-state index contributed by atoms with van der Waals surface area (Å²) in [7, 11) is 0. The highest BCUT2D eigenvalue weighted by Crippen LogP contribution is 2.15. The Morgan fingerprint density at radius 3 is 3.00 bits per heavy atom. The van der Waals surface area contributed by atoms with Crippen molar-refractivity contribution in [3.63, 3.8) is 0 Å². The molecule has 11 heavy (non-hydrogen) atoms. The predicted octanol–water partition coefficient (Wildman–Crippen LogP) is -0.0903. The Labute approximate surface area is 64.0 Å². The SMILES string of the molecule is CC1NCCc2c1[nH][nH]c2=O. The van der Waals surface area contributed by atoms with Gasteiger partial charge >= 0.3 is 0 Å². The summed E-state index contributed by atoms with van der Waals surface area (Å²) in [5.74, 6) is 0. The number of aromatic amines is 2. The molecule has 2 rings (SSSR count). The summed E-state index contributed by atoms with van der Waals surface area (Å²) in [6.07, 6.45) is 0.832. The molecule has 1 aromatic rings. The van der Waals surface area contributed by atoms with Gasteiger partial charge in [-0.25, -0.2) is 0 Å². The standard InChI is InChI=1S/C7H11N3O/c1-4-6-5(2-3-8-4)7(11)10-9-6/h4,8H,2-3H2,1H3,(H2,9,10,11). The van der Waals surface area contributed by atoms with Gasteiger partial charge in [0.15, 0.2) is 0 Å². The van der Waals surface area contributed by atoms with Gasteiger partial charge in [-0.2, -0.15) is 0 Å². The molecule has 0 amide bonds. The highest BCUT2D eigenvalue weighted by molar-refractivity contribution is 5.22. The number of hydrogen-bond donors (Lipinski definition) is 3. The van der Waals surface area contributed by atoms with E-state index in [1.807, 2.05) is 6.92 Å². The van der Waals surface area contributed by atoms with Crippen molar-refractivity contribution in [2.24, 2.45) is 0 Å². The average molecular weight is 153 g/mol. The second kappa shape index (κ2) is 2.23. The fourth-order valence-electron chi connectivity index (χ4n) is 1.53. The van der Waals surface area contributed by atoms with Gasteiger partial charge in [-0.15, -0.1) is 0 Å². The van der Waals surface area contributed by atoms with E-state index in [1.165, 1.54) is 0 Å². The summed E-state index contributed by atoms with van der Waals surface area (Å²) in [6, 6.07) is 0.276. The third kappa shape index (κ3) is 0.903. The van der Waals surface area contributed by atoms with Crippen LogP contribution in [0.15, 0.2) is 4.79 Å². The van der Waals surface area contributed by atoms with Gasteiger partial charge in [0.05, 0.1) is 5.69 Å². The molecule has 1 aliphatic heterocycles. The minimum Gasteiger partial charge on any atom is -0.309 e. The maximum Gasteiger partial charge on any atom is 0.267 e. The quantitative estimate of drug-likeness (QED) is 0.488. The lowest BCUT2D eigenvalue weighted by Gasteiger charge is -2.18. The molecule has 1 unspecified atom stereocenters. The van der Waals surface area contributed by atoms with Crippen LogP contribution in [-0.2, 0) is 6.42 Å². The summed E-state index contributed by atoms with van der Waals surface area (Å²) in [6.45, 7) is 2.94. The zero-order valence-electron chi connectivity index (χ0n) is 6.40. The van der Waals surface area contributed by atoms with E-state index in [9.17, 15) is 4.79 Å². The monoisotopic (exact) mass is 153 g/mol. The van der Waals surface area contributed by atoms with Crippen molar-refractivity contribution >= 4 is 0 Å². The average Bonchev–Trinajstić information content (AvgIpc) is 2.35. The molecular weight excluding hydrogens is 142 g/mol. The summed E-state index contributed by atoms with van der Waals surface area (Å²) in [4.78, 5) is 11.1. The highest BCUT2D eigenvalue weighted by atomic mass is 16.1. The van der Waals surface area contributed by atoms with E-state index in [0.717, 1.165) is 24.2 Å². The lowest BCUT2D eigenvalue weighted by Crippen LogP contribution is -2.29. The van der Waals surface area contributed by atoms with Gasteiger partial charge in [0.2, 0.25) is 0 Å². The minimum atomic E-state index is 0.0355. The van der Waals surface area contributed by atoms with E-state index in [2.05, 4.69) is 15.5 Å². The molecule has 0 saturated heterocycles. The van der Waals surface area contributed by atoms with Gasteiger partial charge in [0.1, 0.15) is 0 Å². The summed E-state index contributed by atoms with van der Waals surface area (Å²) >= 11 is 0. The molecule has 1 aliphatic rings. The molecule has 0 radical (unpaired) electrons. The smallest absolute Gasteiger partial charge is 0.267 e. The van der Waals surface area contributed by atoms with Crippen LogP contribution in [0.3, 0.4) is 0 Å². The molecule has 0 spiro atoms. The summed E-state index contributed by atoms with van der Waals surface area (Å²) in [5, 5.41) is 8.73. The topological polar surface area (TPSA) is 60.7 Å². The first-order valence-electron chi connectivity index (χ1n) is 3.82. The Hall–Kier alpha value is -1.03. The molecular formula is C7H11N3O. The highest BCUT2D eigenvalue weighted by Gasteiger charge is 2.19. The largest absolute Gasteiger partial charge is 0.309 e. The fourth-order valence-corrected chi connectivity index (χ4v) is 1.53. The molecule has 1 aromatic heterocycles. The summed E-state index contributed by atoms with van der Waals surface area (Å²) in [5.41, 5.74) is 1.96. The molecule has 0 aliphatic carbocycles. The van der Waals surface area contributed by atoms with Crippen molar-refractivity contribution < 1.29 is 0 Å². The molecule has 2 heterocycles. The third-order valence-corrected chi connectivity index (χ3v) is 2.17. The molecule has 0 saturated carbocycles. The van der Waals surface area contributed by atoms with E-state index >= 15 is 0 Å². The zero-order valence-corrected chi connectivity index (χ0v) is 6.40. The van der Waals surface area contributed by atoms with E-state index in [0.29, 0.717) is 0 Å². The van der Waals surface area contributed by atoms with Crippen molar-refractivity contribution in [2.45, 2.75) is 19.4 Å². The van der Waals surface area contributed by atoms with Crippen LogP contribution >= 0.6 is 0 Å². The van der Waals surface area contributed by atoms with E-state index in [-0.39, 0.29) is 11.6 Å². The van der Waals surface area contributed by atoms with Crippen molar-refractivity contribution in [3.8, 4) is 0 Å². The third-order valence-electron chi connectivity index (χ3n) is 2.17. The zero-order chi connectivity index (χ0) is 7.84. The van der Waals surface area contributed by atoms with Gasteiger partial charge in [0.25, 0.3) is 5.56 Å². The number of aromatic nitrogens is 2. The second-order valence-corrected chi connectivity index (χ2v) is 2.90. The lowest BCUT2D eigenvalue weighted by molar-refractivity contribution is 0.529. The number of H-pyrrole nitrogens is 2. The van der Waals surface area contributed by atoms with Crippen LogP contribution in [0.1, 0.15) is 24.2 Å². The van der Waals surface area contributed by atoms with Crippen molar-refractivity contribution in [3.05, 3.63) is 21.6 Å². The second-order valence-electron chi connectivity index (χ2n) is 2.90. The van der Waals surface area contributed by atoms with Crippen molar-refractivity contribution in [2.75, 3.05) is 6.54 Å². The van der Waals surface area contributed by atoms with Crippen LogP contribution in [-0.4, -0.2) is 16.7 Å². The van der Waals surface area contributed by atoms with E-state index < -0.39 is 0 Å². The Morgan fingerprint density at radius 1 is 1.45 bits per heavy atom. The number of fused-ring (bicyclic) bond motifs is 1. The molecule has 1 atom stereocenters. The predicted molar refractivity (Wildman–Crippen MR) is 41.5 cm³/mol. The Balaban J connectivity index is 2.55. The van der Waals surface area contributed by atoms with Crippen LogP contribution in [0.25, 0.3) is 0 Å². The van der Waals surface area contributed by atoms with Gasteiger partial charge in [-0.3, -0.25) is 9.89 Å². The van der Waals surface area contributed by atoms with Crippen LogP contribution in [0, 0.1) is 0 Å². The molecule has 60 valence electrons. The Kier molecular flexibility index (Phi) is 1.35. The van der Waals surface area contributed by atoms with Crippen LogP contribution < -0.4 is 10.9 Å². The van der Waals surface area contributed by atoms with Crippen molar-refractivity contribution in [1.82, 2.24) is 15.5 Å². The molecule has 0 aromatic carbocycles. The van der Waals surface area contributed by atoms with Gasteiger partial charge in [0, 0.05) is 18.2 Å². The number of hydrogen-bond acceptors (Lipinski definition) is 2. The van der Waals surface area contributed by atoms with Gasteiger partial charge < -0.3 is 10.4 Å². The number of nitrogens with one attached hydrogen (secondary N) is 3. The maximum absolute atomic E-state index is 11.1. The Bertz CT molecular complexity index is 312. The molecule has 3 N–H and O–H groups in total. The molecule has 0 bridgehead atoms. The number of rotatable bonds is 0. The first-order valence-corrected chi connectivity index (χ1v) is 3.82. The normalized spacial score (nSPS) is 23.2. The van der Waals surface area contributed by atoms with E-state index in [1.54, 1.807) is 0 Å². The molecule has 4 nitrogen and oxygen atoms in total. The summed E-state index contributed by atoms with van der Waals surface area (Å²) < 4.78 is 0. The van der Waals surface area contributed by atoms with Crippen LogP contribution in [0.2, 0.25) is 0 Å². The fraction of sp³-hybridized carbons (Fsp3) is 0.571. The molecule has 0 fully saturated rings. The first-order chi connectivity index (χ1) is 5.29. The van der Waals surface area contributed by atoms with Gasteiger partial charge in [-0.1, -0.05) is 0 Å². The van der Waals surface area contributed by atoms with Gasteiger partial charge in [-0.05, 0) is 13.3 Å². The first kappa shape index (κ1) is 6.67. The van der Waals surface area contributed by atoms with Crippen LogP contribution in [0.4, 0.5) is 0 Å². The minimum absolute atomic E-state index is 0.0355. The van der Waals surface area contributed by atoms with Crippen LogP contribution in [0.5, 0.6) is 0 Å². The van der Waals surface area contributed by atoms with Crippen molar-refractivity contribution in [1.29, 1.82) is 0 Å². The lowest BCUT2D eigenvalue weighted by atomic mass is 10.0. The van der Waals surface area contributed by atoms with E-state index in [4.69, 9.17) is 0 Å².